The third kappa shape index (κ3) is 2.61. The maximum Gasteiger partial charge on any atom is 0.218 e. The van der Waals surface area contributed by atoms with Gasteiger partial charge in [-0.15, -0.1) is 0 Å². The van der Waals surface area contributed by atoms with Gasteiger partial charge >= 0.3 is 0 Å². The van der Waals surface area contributed by atoms with Gasteiger partial charge in [0, 0.05) is 6.54 Å². The Labute approximate surface area is 84.5 Å². The second-order valence-corrected chi connectivity index (χ2v) is 4.23. The predicted octanol–water partition coefficient (Wildman–Crippen LogP) is 0.0107. The third-order valence-corrected chi connectivity index (χ3v) is 2.92. The SMILES string of the molecule is CC(C)C1(CN=C(N)N=C(N)N)CC1. The summed E-state index contributed by atoms with van der Waals surface area (Å²) in [6.45, 7) is 5.14. The Hall–Kier alpha value is -1.26. The molecule has 0 aromatic rings. The number of rotatable bonds is 3. The van der Waals surface area contributed by atoms with Crippen molar-refractivity contribution in [2.24, 2.45) is 38.5 Å². The van der Waals surface area contributed by atoms with Crippen molar-refractivity contribution in [1.29, 1.82) is 0 Å². The summed E-state index contributed by atoms with van der Waals surface area (Å²) in [7, 11) is 0. The molecule has 0 radical (unpaired) electrons. The van der Waals surface area contributed by atoms with Gasteiger partial charge in [-0.05, 0) is 24.2 Å². The molecular formula is C9H19N5. The number of guanidine groups is 2. The smallest absolute Gasteiger partial charge is 0.218 e. The molecule has 0 saturated heterocycles. The molecule has 0 amide bonds. The van der Waals surface area contributed by atoms with E-state index < -0.39 is 0 Å². The average Bonchev–Trinajstić information content (AvgIpc) is 2.79. The maximum absolute atomic E-state index is 5.51. The third-order valence-electron chi connectivity index (χ3n) is 2.92. The Morgan fingerprint density at radius 1 is 1.29 bits per heavy atom. The van der Waals surface area contributed by atoms with Crippen LogP contribution in [0.3, 0.4) is 0 Å². The van der Waals surface area contributed by atoms with E-state index in [1.807, 2.05) is 0 Å². The van der Waals surface area contributed by atoms with Crippen molar-refractivity contribution in [2.45, 2.75) is 26.7 Å². The van der Waals surface area contributed by atoms with Crippen LogP contribution in [0.25, 0.3) is 0 Å². The Morgan fingerprint density at radius 3 is 2.21 bits per heavy atom. The normalized spacial score (nSPS) is 19.5. The zero-order valence-electron chi connectivity index (χ0n) is 8.83. The van der Waals surface area contributed by atoms with Crippen LogP contribution in [0.4, 0.5) is 0 Å². The van der Waals surface area contributed by atoms with Crippen molar-refractivity contribution < 1.29 is 0 Å². The van der Waals surface area contributed by atoms with Crippen molar-refractivity contribution in [1.82, 2.24) is 0 Å². The molecule has 1 saturated carbocycles. The summed E-state index contributed by atoms with van der Waals surface area (Å²) in [6.07, 6.45) is 2.45. The van der Waals surface area contributed by atoms with Crippen molar-refractivity contribution in [3.63, 3.8) is 0 Å². The summed E-state index contributed by atoms with van der Waals surface area (Å²) in [5, 5.41) is 0. The Balaban J connectivity index is 2.51. The summed E-state index contributed by atoms with van der Waals surface area (Å²) >= 11 is 0. The van der Waals surface area contributed by atoms with Gasteiger partial charge in [-0.2, -0.15) is 4.99 Å². The van der Waals surface area contributed by atoms with Gasteiger partial charge in [0.1, 0.15) is 0 Å². The summed E-state index contributed by atoms with van der Waals surface area (Å²) in [5.41, 5.74) is 16.2. The highest BCUT2D eigenvalue weighted by atomic mass is 15.1. The highest BCUT2D eigenvalue weighted by molar-refractivity contribution is 5.92. The van der Waals surface area contributed by atoms with Crippen LogP contribution < -0.4 is 17.2 Å². The fraction of sp³-hybridized carbons (Fsp3) is 0.778. The van der Waals surface area contributed by atoms with Gasteiger partial charge in [-0.1, -0.05) is 13.8 Å². The summed E-state index contributed by atoms with van der Waals surface area (Å²) in [6, 6.07) is 0. The van der Waals surface area contributed by atoms with Gasteiger partial charge in [0.2, 0.25) is 5.96 Å². The topological polar surface area (TPSA) is 103 Å². The second kappa shape index (κ2) is 3.86. The quantitative estimate of drug-likeness (QED) is 0.438. The molecule has 5 nitrogen and oxygen atoms in total. The molecule has 5 heteroatoms. The molecule has 0 heterocycles. The number of hydrogen-bond donors (Lipinski definition) is 3. The first-order valence-corrected chi connectivity index (χ1v) is 4.86. The maximum atomic E-state index is 5.51. The lowest BCUT2D eigenvalue weighted by Gasteiger charge is -2.16. The molecule has 0 aliphatic heterocycles. The average molecular weight is 197 g/mol. The lowest BCUT2D eigenvalue weighted by Crippen LogP contribution is -2.27. The molecular weight excluding hydrogens is 178 g/mol. The van der Waals surface area contributed by atoms with E-state index in [1.54, 1.807) is 0 Å². The standard InChI is InChI=1S/C9H19N5/c1-6(2)9(3-4-9)5-13-8(12)14-7(10)11/h6H,3-5H2,1-2H3,(H6,10,11,12,13,14). The van der Waals surface area contributed by atoms with E-state index in [-0.39, 0.29) is 11.9 Å². The Kier molecular flexibility index (Phi) is 2.98. The van der Waals surface area contributed by atoms with E-state index in [0.717, 1.165) is 6.54 Å². The molecule has 1 aliphatic rings. The lowest BCUT2D eigenvalue weighted by molar-refractivity contribution is 0.371. The fourth-order valence-electron chi connectivity index (χ4n) is 1.48. The van der Waals surface area contributed by atoms with E-state index in [4.69, 9.17) is 17.2 Å². The molecule has 0 spiro atoms. The van der Waals surface area contributed by atoms with Crippen molar-refractivity contribution in [3.8, 4) is 0 Å². The van der Waals surface area contributed by atoms with Crippen molar-refractivity contribution >= 4 is 11.9 Å². The van der Waals surface area contributed by atoms with Gasteiger partial charge in [0.15, 0.2) is 5.96 Å². The van der Waals surface area contributed by atoms with Gasteiger partial charge < -0.3 is 17.2 Å². The highest BCUT2D eigenvalue weighted by Crippen LogP contribution is 2.51. The second-order valence-electron chi connectivity index (χ2n) is 4.23. The molecule has 6 N–H and O–H groups in total. The van der Waals surface area contributed by atoms with Crippen LogP contribution in [-0.4, -0.2) is 18.5 Å². The Morgan fingerprint density at radius 2 is 1.86 bits per heavy atom. The number of nitrogens with two attached hydrogens (primary N) is 3. The van der Waals surface area contributed by atoms with Crippen molar-refractivity contribution in [3.05, 3.63) is 0 Å². The first kappa shape index (κ1) is 10.8. The van der Waals surface area contributed by atoms with Crippen LogP contribution in [0.15, 0.2) is 9.98 Å². The van der Waals surface area contributed by atoms with Crippen molar-refractivity contribution in [2.75, 3.05) is 6.54 Å². The van der Waals surface area contributed by atoms with Crippen LogP contribution in [0.1, 0.15) is 26.7 Å². The van der Waals surface area contributed by atoms with E-state index in [1.165, 1.54) is 12.8 Å². The van der Waals surface area contributed by atoms with Crippen LogP contribution in [0, 0.1) is 11.3 Å². The molecule has 1 aliphatic carbocycles. The zero-order valence-corrected chi connectivity index (χ0v) is 8.83. The molecule has 1 rings (SSSR count). The zero-order chi connectivity index (χ0) is 10.8. The minimum absolute atomic E-state index is 0.0411. The first-order valence-electron chi connectivity index (χ1n) is 4.86. The van der Waals surface area contributed by atoms with E-state index in [0.29, 0.717) is 11.3 Å². The van der Waals surface area contributed by atoms with Crippen LogP contribution >= 0.6 is 0 Å². The number of nitrogens with zero attached hydrogens (tertiary/aromatic N) is 2. The highest BCUT2D eigenvalue weighted by Gasteiger charge is 2.44. The molecule has 0 aromatic carbocycles. The molecule has 14 heavy (non-hydrogen) atoms. The molecule has 80 valence electrons. The molecule has 1 fully saturated rings. The van der Waals surface area contributed by atoms with Gasteiger partial charge in [-0.3, -0.25) is 4.99 Å². The molecule has 0 atom stereocenters. The van der Waals surface area contributed by atoms with E-state index in [2.05, 4.69) is 23.8 Å². The van der Waals surface area contributed by atoms with E-state index in [9.17, 15) is 0 Å². The fourth-order valence-corrected chi connectivity index (χ4v) is 1.48. The minimum atomic E-state index is -0.0411. The first-order chi connectivity index (χ1) is 6.46. The van der Waals surface area contributed by atoms with Crippen LogP contribution in [-0.2, 0) is 0 Å². The van der Waals surface area contributed by atoms with Crippen LogP contribution in [0.5, 0.6) is 0 Å². The lowest BCUT2D eigenvalue weighted by atomic mass is 9.93. The van der Waals surface area contributed by atoms with E-state index >= 15 is 0 Å². The number of aliphatic imine (C=N–C) groups is 2. The minimum Gasteiger partial charge on any atom is -0.370 e. The molecule has 0 aromatic heterocycles. The van der Waals surface area contributed by atoms with Crippen LogP contribution in [0.2, 0.25) is 0 Å². The largest absolute Gasteiger partial charge is 0.370 e. The van der Waals surface area contributed by atoms with Gasteiger partial charge in [-0.25, -0.2) is 0 Å². The van der Waals surface area contributed by atoms with Gasteiger partial charge in [0.05, 0.1) is 0 Å². The Bertz CT molecular complexity index is 258. The molecule has 0 bridgehead atoms. The summed E-state index contributed by atoms with van der Waals surface area (Å²) in [4.78, 5) is 7.83. The van der Waals surface area contributed by atoms with Gasteiger partial charge in [0.25, 0.3) is 0 Å². The summed E-state index contributed by atoms with van der Waals surface area (Å²) in [5.74, 6) is 0.774. The monoisotopic (exact) mass is 197 g/mol. The molecule has 0 unspecified atom stereocenters. The predicted molar refractivity (Wildman–Crippen MR) is 58.8 cm³/mol. The summed E-state index contributed by atoms with van der Waals surface area (Å²) < 4.78 is 0. The number of hydrogen-bond acceptors (Lipinski definition) is 1.